The molecule has 15 heavy (non-hydrogen) atoms. The molecule has 0 aromatic heterocycles. The molecule has 1 unspecified atom stereocenters. The highest BCUT2D eigenvalue weighted by Gasteiger charge is 2.48. The minimum atomic E-state index is -0.114. The van der Waals surface area contributed by atoms with Gasteiger partial charge in [-0.25, -0.2) is 4.39 Å². The summed E-state index contributed by atoms with van der Waals surface area (Å²) >= 11 is 0. The second-order valence-electron chi connectivity index (χ2n) is 4.86. The number of rotatable bonds is 2. The molecule has 2 N–H and O–H groups in total. The minimum Gasteiger partial charge on any atom is -0.327 e. The van der Waals surface area contributed by atoms with E-state index in [1.165, 1.54) is 5.56 Å². The van der Waals surface area contributed by atoms with Gasteiger partial charge in [0.2, 0.25) is 0 Å². The average molecular weight is 207 g/mol. The molecule has 82 valence electrons. The van der Waals surface area contributed by atoms with Crippen LogP contribution in [0.25, 0.3) is 0 Å². The Balaban J connectivity index is 2.49. The first kappa shape index (κ1) is 10.6. The minimum absolute atomic E-state index is 0.114. The van der Waals surface area contributed by atoms with Gasteiger partial charge in [-0.15, -0.1) is 0 Å². The van der Waals surface area contributed by atoms with Crippen molar-refractivity contribution in [1.82, 2.24) is 0 Å². The van der Waals surface area contributed by atoms with Gasteiger partial charge in [-0.3, -0.25) is 0 Å². The molecule has 0 aliphatic heterocycles. The first-order chi connectivity index (χ1) is 6.97. The number of hydrogen-bond donors (Lipinski definition) is 1. The summed E-state index contributed by atoms with van der Waals surface area (Å²) in [4.78, 5) is 0. The van der Waals surface area contributed by atoms with E-state index < -0.39 is 0 Å². The van der Waals surface area contributed by atoms with Crippen molar-refractivity contribution in [3.63, 3.8) is 0 Å². The third-order valence-electron chi connectivity index (χ3n) is 3.70. The Labute approximate surface area is 90.5 Å². The highest BCUT2D eigenvalue weighted by molar-refractivity contribution is 5.42. The topological polar surface area (TPSA) is 26.0 Å². The number of hydrogen-bond acceptors (Lipinski definition) is 1. The predicted octanol–water partition coefficient (Wildman–Crippen LogP) is 2.82. The van der Waals surface area contributed by atoms with Crippen molar-refractivity contribution in [3.05, 3.63) is 34.6 Å². The lowest BCUT2D eigenvalue weighted by atomic mass is 9.85. The summed E-state index contributed by atoms with van der Waals surface area (Å²) in [5.74, 6) is -0.114. The Bertz CT molecular complexity index is 392. The Kier molecular flexibility index (Phi) is 2.34. The molecule has 1 aliphatic carbocycles. The third kappa shape index (κ3) is 1.57. The van der Waals surface area contributed by atoms with E-state index in [4.69, 9.17) is 5.73 Å². The molecule has 1 fully saturated rings. The molecule has 0 radical (unpaired) electrons. The molecule has 1 atom stereocenters. The first-order valence-electron chi connectivity index (χ1n) is 5.50. The Morgan fingerprint density at radius 2 is 1.87 bits per heavy atom. The van der Waals surface area contributed by atoms with Gasteiger partial charge < -0.3 is 5.73 Å². The van der Waals surface area contributed by atoms with Crippen LogP contribution in [0.15, 0.2) is 12.1 Å². The zero-order valence-electron chi connectivity index (χ0n) is 9.60. The zero-order valence-corrected chi connectivity index (χ0v) is 9.60. The normalized spacial score (nSPS) is 20.1. The zero-order chi connectivity index (χ0) is 11.2. The molecular formula is C13H18FN. The highest BCUT2D eigenvalue weighted by Crippen LogP contribution is 2.51. The van der Waals surface area contributed by atoms with Crippen molar-refractivity contribution >= 4 is 0 Å². The summed E-state index contributed by atoms with van der Waals surface area (Å²) in [5.41, 5.74) is 9.16. The van der Waals surface area contributed by atoms with Crippen LogP contribution in [-0.4, -0.2) is 6.04 Å². The molecular weight excluding hydrogens is 189 g/mol. The van der Waals surface area contributed by atoms with E-state index in [1.54, 1.807) is 6.07 Å². The predicted molar refractivity (Wildman–Crippen MR) is 60.4 cm³/mol. The van der Waals surface area contributed by atoms with Crippen LogP contribution in [0.5, 0.6) is 0 Å². The summed E-state index contributed by atoms with van der Waals surface area (Å²) in [5, 5.41) is 0. The lowest BCUT2D eigenvalue weighted by Crippen LogP contribution is -2.32. The Morgan fingerprint density at radius 3 is 2.33 bits per heavy atom. The van der Waals surface area contributed by atoms with Crippen molar-refractivity contribution in [2.45, 2.75) is 45.1 Å². The van der Waals surface area contributed by atoms with Gasteiger partial charge in [0.25, 0.3) is 0 Å². The second kappa shape index (κ2) is 3.31. The number of nitrogens with two attached hydrogens (primary N) is 1. The van der Waals surface area contributed by atoms with E-state index >= 15 is 0 Å². The van der Waals surface area contributed by atoms with Crippen LogP contribution in [0, 0.1) is 19.7 Å². The summed E-state index contributed by atoms with van der Waals surface area (Å²) in [6.07, 6.45) is 2.27. The Morgan fingerprint density at radius 1 is 1.27 bits per heavy atom. The van der Waals surface area contributed by atoms with Gasteiger partial charge in [0.15, 0.2) is 0 Å². The van der Waals surface area contributed by atoms with Crippen molar-refractivity contribution in [2.24, 2.45) is 5.73 Å². The van der Waals surface area contributed by atoms with Gasteiger partial charge in [-0.2, -0.15) is 0 Å². The summed E-state index contributed by atoms with van der Waals surface area (Å²) < 4.78 is 13.3. The van der Waals surface area contributed by atoms with Gasteiger partial charge in [0.05, 0.1) is 0 Å². The molecule has 0 bridgehead atoms. The van der Waals surface area contributed by atoms with E-state index in [0.29, 0.717) is 0 Å². The van der Waals surface area contributed by atoms with E-state index in [-0.39, 0.29) is 17.3 Å². The van der Waals surface area contributed by atoms with Crippen molar-refractivity contribution in [1.29, 1.82) is 0 Å². The highest BCUT2D eigenvalue weighted by atomic mass is 19.1. The number of aryl methyl sites for hydroxylation is 2. The molecule has 0 spiro atoms. The monoisotopic (exact) mass is 207 g/mol. The smallest absolute Gasteiger partial charge is 0.126 e. The van der Waals surface area contributed by atoms with Crippen LogP contribution < -0.4 is 5.73 Å². The quantitative estimate of drug-likeness (QED) is 0.793. The number of halogens is 1. The van der Waals surface area contributed by atoms with Crippen LogP contribution >= 0.6 is 0 Å². The molecule has 1 aliphatic rings. The molecule has 2 rings (SSSR count). The first-order valence-corrected chi connectivity index (χ1v) is 5.50. The van der Waals surface area contributed by atoms with Gasteiger partial charge in [-0.1, -0.05) is 6.07 Å². The molecule has 0 amide bonds. The Hall–Kier alpha value is -0.890. The molecule has 1 aromatic carbocycles. The van der Waals surface area contributed by atoms with Gasteiger partial charge in [0, 0.05) is 11.5 Å². The molecule has 1 saturated carbocycles. The lowest BCUT2D eigenvalue weighted by molar-refractivity contribution is 0.549. The molecule has 2 heteroatoms. The van der Waals surface area contributed by atoms with Crippen LogP contribution in [0.1, 0.15) is 36.5 Å². The van der Waals surface area contributed by atoms with Gasteiger partial charge in [0.1, 0.15) is 5.82 Å². The van der Waals surface area contributed by atoms with Gasteiger partial charge >= 0.3 is 0 Å². The van der Waals surface area contributed by atoms with Crippen molar-refractivity contribution < 1.29 is 4.39 Å². The van der Waals surface area contributed by atoms with E-state index in [0.717, 1.165) is 24.0 Å². The number of benzene rings is 1. The SMILES string of the molecule is Cc1cc(C2(C(C)N)CC2)c(C)cc1F. The largest absolute Gasteiger partial charge is 0.327 e. The summed E-state index contributed by atoms with van der Waals surface area (Å²) in [7, 11) is 0. The fourth-order valence-corrected chi connectivity index (χ4v) is 2.42. The average Bonchev–Trinajstić information content (AvgIpc) is 2.92. The van der Waals surface area contributed by atoms with E-state index in [9.17, 15) is 4.39 Å². The maximum Gasteiger partial charge on any atom is 0.126 e. The maximum atomic E-state index is 13.3. The second-order valence-corrected chi connectivity index (χ2v) is 4.86. The van der Waals surface area contributed by atoms with E-state index in [2.05, 4.69) is 0 Å². The standard InChI is InChI=1S/C13H18FN/c1-8-7-12(14)9(2)6-11(8)13(4-5-13)10(3)15/h6-7,10H,4-5,15H2,1-3H3. The molecule has 0 saturated heterocycles. The van der Waals surface area contributed by atoms with Crippen LogP contribution in [0.4, 0.5) is 4.39 Å². The third-order valence-corrected chi connectivity index (χ3v) is 3.70. The van der Waals surface area contributed by atoms with Gasteiger partial charge in [-0.05, 0) is 56.4 Å². The van der Waals surface area contributed by atoms with Crippen LogP contribution in [-0.2, 0) is 5.41 Å². The maximum absolute atomic E-state index is 13.3. The fraction of sp³-hybridized carbons (Fsp3) is 0.538. The van der Waals surface area contributed by atoms with Crippen molar-refractivity contribution in [3.8, 4) is 0 Å². The van der Waals surface area contributed by atoms with Crippen LogP contribution in [0.3, 0.4) is 0 Å². The molecule has 1 nitrogen and oxygen atoms in total. The molecule has 0 heterocycles. The van der Waals surface area contributed by atoms with Crippen molar-refractivity contribution in [2.75, 3.05) is 0 Å². The van der Waals surface area contributed by atoms with E-state index in [1.807, 2.05) is 26.8 Å². The molecule has 1 aromatic rings. The summed E-state index contributed by atoms with van der Waals surface area (Å²) in [6.45, 7) is 5.83. The summed E-state index contributed by atoms with van der Waals surface area (Å²) in [6, 6.07) is 3.76. The lowest BCUT2D eigenvalue weighted by Gasteiger charge is -2.23. The fourth-order valence-electron chi connectivity index (χ4n) is 2.42. The van der Waals surface area contributed by atoms with Crippen LogP contribution in [0.2, 0.25) is 0 Å².